The first-order valence-electron chi connectivity index (χ1n) is 8.95. The fourth-order valence-corrected chi connectivity index (χ4v) is 3.15. The Labute approximate surface area is 165 Å². The molecule has 2 heterocycles. The normalized spacial score (nSPS) is 11.8. The number of ether oxygens (including phenoxy) is 1. The Balaban J connectivity index is 0.00000261. The Morgan fingerprint density at radius 3 is 2.63 bits per heavy atom. The zero-order valence-corrected chi connectivity index (χ0v) is 16.4. The van der Waals surface area contributed by atoms with Gasteiger partial charge in [-0.2, -0.15) is 0 Å². The topological polar surface area (TPSA) is 63.8 Å². The third-order valence-electron chi connectivity index (χ3n) is 4.44. The third-order valence-corrected chi connectivity index (χ3v) is 4.44. The van der Waals surface area contributed by atoms with E-state index in [9.17, 15) is 9.90 Å². The molecule has 3 aromatic rings. The van der Waals surface area contributed by atoms with Crippen LogP contribution in [0.4, 0.5) is 0 Å². The van der Waals surface area contributed by atoms with E-state index in [1.54, 1.807) is 4.40 Å². The molecule has 0 amide bonds. The number of hydrogen-bond acceptors (Lipinski definition) is 4. The lowest BCUT2D eigenvalue weighted by Crippen LogP contribution is -2.13. The van der Waals surface area contributed by atoms with Gasteiger partial charge in [-0.15, -0.1) is 12.4 Å². The van der Waals surface area contributed by atoms with Gasteiger partial charge in [-0.25, -0.2) is 4.98 Å². The number of hydrogen-bond donors (Lipinski definition) is 1. The standard InChI is InChI=1S/C21H24N2O3.ClH/c1-3-12-26-19-10-7-11-23-20(15(2)22-21(19)23)18(25)13-17(14-24)16-8-5-4-6-9-16;/h4-11,17,24H,3,12-14H2,1-2H3;1H/t17-;/m0./s1. The minimum absolute atomic E-state index is 0. The number of rotatable bonds is 8. The summed E-state index contributed by atoms with van der Waals surface area (Å²) >= 11 is 0. The van der Waals surface area contributed by atoms with Crippen LogP contribution in [0.25, 0.3) is 5.65 Å². The van der Waals surface area contributed by atoms with Gasteiger partial charge in [-0.05, 0) is 31.0 Å². The maximum absolute atomic E-state index is 13.0. The maximum atomic E-state index is 13.0. The predicted molar refractivity (Wildman–Crippen MR) is 108 cm³/mol. The smallest absolute Gasteiger partial charge is 0.182 e. The van der Waals surface area contributed by atoms with E-state index in [1.807, 2.05) is 62.5 Å². The number of benzene rings is 1. The number of carbonyl (C=O) groups excluding carboxylic acids is 1. The van der Waals surface area contributed by atoms with Crippen molar-refractivity contribution in [2.45, 2.75) is 32.6 Å². The van der Waals surface area contributed by atoms with Crippen molar-refractivity contribution in [2.24, 2.45) is 0 Å². The molecule has 0 saturated carbocycles. The molecule has 0 fully saturated rings. The fourth-order valence-electron chi connectivity index (χ4n) is 3.15. The highest BCUT2D eigenvalue weighted by molar-refractivity contribution is 5.97. The summed E-state index contributed by atoms with van der Waals surface area (Å²) in [6, 6.07) is 13.4. The lowest BCUT2D eigenvalue weighted by atomic mass is 9.93. The molecule has 0 bridgehead atoms. The third kappa shape index (κ3) is 4.49. The Bertz CT molecular complexity index is 893. The van der Waals surface area contributed by atoms with Crippen LogP contribution < -0.4 is 4.74 Å². The summed E-state index contributed by atoms with van der Waals surface area (Å²) in [5.41, 5.74) is 2.84. The van der Waals surface area contributed by atoms with Crippen LogP contribution in [-0.4, -0.2) is 33.5 Å². The molecule has 144 valence electrons. The zero-order chi connectivity index (χ0) is 18.5. The minimum Gasteiger partial charge on any atom is -0.490 e. The number of nitrogens with zero attached hydrogens (tertiary/aromatic N) is 2. The molecule has 2 aromatic heterocycles. The fraction of sp³-hybridized carbons (Fsp3) is 0.333. The van der Waals surface area contributed by atoms with Crippen LogP contribution in [0, 0.1) is 6.92 Å². The van der Waals surface area contributed by atoms with E-state index in [4.69, 9.17) is 4.74 Å². The maximum Gasteiger partial charge on any atom is 0.182 e. The van der Waals surface area contributed by atoms with Crippen LogP contribution in [0.1, 0.15) is 47.4 Å². The van der Waals surface area contributed by atoms with Gasteiger partial charge in [0.05, 0.1) is 18.9 Å². The summed E-state index contributed by atoms with van der Waals surface area (Å²) in [6.07, 6.45) is 2.97. The largest absolute Gasteiger partial charge is 0.490 e. The zero-order valence-electron chi connectivity index (χ0n) is 15.6. The number of aromatic nitrogens is 2. The number of ketones is 1. The quantitative estimate of drug-likeness (QED) is 0.587. The van der Waals surface area contributed by atoms with Gasteiger partial charge >= 0.3 is 0 Å². The molecule has 0 radical (unpaired) electrons. The van der Waals surface area contributed by atoms with Gasteiger partial charge < -0.3 is 9.84 Å². The number of imidazole rings is 1. The second-order valence-corrected chi connectivity index (χ2v) is 6.38. The lowest BCUT2D eigenvalue weighted by Gasteiger charge is -2.14. The van der Waals surface area contributed by atoms with E-state index >= 15 is 0 Å². The van der Waals surface area contributed by atoms with E-state index in [0.717, 1.165) is 12.0 Å². The summed E-state index contributed by atoms with van der Waals surface area (Å²) in [5.74, 6) is 0.414. The molecule has 1 N–H and O–H groups in total. The molecule has 0 saturated heterocycles. The monoisotopic (exact) mass is 388 g/mol. The molecular formula is C21H25ClN2O3. The summed E-state index contributed by atoms with van der Waals surface area (Å²) in [5, 5.41) is 9.76. The number of halogens is 1. The molecule has 0 aliphatic carbocycles. The van der Waals surface area contributed by atoms with Crippen LogP contribution in [-0.2, 0) is 0 Å². The average Bonchev–Trinajstić information content (AvgIpc) is 3.01. The van der Waals surface area contributed by atoms with Gasteiger partial charge in [0.15, 0.2) is 17.2 Å². The van der Waals surface area contributed by atoms with Crippen molar-refractivity contribution in [3.63, 3.8) is 0 Å². The van der Waals surface area contributed by atoms with Crippen LogP contribution in [0.5, 0.6) is 5.75 Å². The summed E-state index contributed by atoms with van der Waals surface area (Å²) in [6.45, 7) is 4.41. The highest BCUT2D eigenvalue weighted by atomic mass is 35.5. The van der Waals surface area contributed by atoms with Crippen LogP contribution in [0.2, 0.25) is 0 Å². The van der Waals surface area contributed by atoms with Crippen molar-refractivity contribution in [1.29, 1.82) is 0 Å². The van der Waals surface area contributed by atoms with Crippen LogP contribution in [0.15, 0.2) is 48.7 Å². The first-order valence-corrected chi connectivity index (χ1v) is 8.95. The summed E-state index contributed by atoms with van der Waals surface area (Å²) in [7, 11) is 0. The number of fused-ring (bicyclic) bond motifs is 1. The molecule has 0 aliphatic heterocycles. The van der Waals surface area contributed by atoms with Crippen molar-refractivity contribution in [3.05, 3.63) is 65.6 Å². The van der Waals surface area contributed by atoms with Gasteiger partial charge in [0.25, 0.3) is 0 Å². The molecule has 6 heteroatoms. The van der Waals surface area contributed by atoms with Gasteiger partial charge in [0.1, 0.15) is 5.69 Å². The molecule has 3 rings (SSSR count). The number of aryl methyl sites for hydroxylation is 1. The first-order chi connectivity index (χ1) is 12.7. The lowest BCUT2D eigenvalue weighted by molar-refractivity contribution is 0.0953. The Kier molecular flexibility index (Phi) is 7.39. The van der Waals surface area contributed by atoms with Gasteiger partial charge in [0.2, 0.25) is 0 Å². The number of Topliss-reactive ketones (excluding diaryl/α,β-unsaturated/α-hetero) is 1. The second kappa shape index (κ2) is 9.53. The summed E-state index contributed by atoms with van der Waals surface area (Å²) < 4.78 is 7.55. The van der Waals surface area contributed by atoms with Gasteiger partial charge in [-0.1, -0.05) is 37.3 Å². The van der Waals surface area contributed by atoms with Crippen LogP contribution in [0.3, 0.4) is 0 Å². The Morgan fingerprint density at radius 1 is 1.22 bits per heavy atom. The van der Waals surface area contributed by atoms with Gasteiger partial charge in [-0.3, -0.25) is 9.20 Å². The van der Waals surface area contributed by atoms with Crippen molar-refractivity contribution in [3.8, 4) is 5.75 Å². The van der Waals surface area contributed by atoms with Crippen molar-refractivity contribution in [2.75, 3.05) is 13.2 Å². The van der Waals surface area contributed by atoms with E-state index in [2.05, 4.69) is 4.98 Å². The first kappa shape index (κ1) is 20.9. The number of aliphatic hydroxyl groups excluding tert-OH is 1. The number of carbonyl (C=O) groups is 1. The van der Waals surface area contributed by atoms with E-state index in [-0.39, 0.29) is 37.1 Å². The van der Waals surface area contributed by atoms with Crippen molar-refractivity contribution < 1.29 is 14.6 Å². The van der Waals surface area contributed by atoms with E-state index in [0.29, 0.717) is 29.4 Å². The molecule has 0 aliphatic rings. The van der Waals surface area contributed by atoms with Crippen molar-refractivity contribution >= 4 is 23.8 Å². The molecule has 1 atom stereocenters. The average molecular weight is 389 g/mol. The number of pyridine rings is 1. The van der Waals surface area contributed by atoms with Gasteiger partial charge in [0, 0.05) is 18.5 Å². The van der Waals surface area contributed by atoms with E-state index < -0.39 is 0 Å². The van der Waals surface area contributed by atoms with Crippen molar-refractivity contribution in [1.82, 2.24) is 9.38 Å². The summed E-state index contributed by atoms with van der Waals surface area (Å²) in [4.78, 5) is 17.5. The Morgan fingerprint density at radius 2 is 1.96 bits per heavy atom. The molecule has 5 nitrogen and oxygen atoms in total. The predicted octanol–water partition coefficient (Wildman–Crippen LogP) is 4.20. The molecule has 27 heavy (non-hydrogen) atoms. The molecule has 1 aromatic carbocycles. The van der Waals surface area contributed by atoms with Crippen LogP contribution >= 0.6 is 12.4 Å². The SMILES string of the molecule is CCCOc1cccn2c(C(=O)C[C@@H](CO)c3ccccc3)c(C)nc12.Cl. The molecule has 0 unspecified atom stereocenters. The Hall–Kier alpha value is -2.37. The highest BCUT2D eigenvalue weighted by Gasteiger charge is 2.22. The second-order valence-electron chi connectivity index (χ2n) is 6.38. The minimum atomic E-state index is -0.229. The highest BCUT2D eigenvalue weighted by Crippen LogP contribution is 2.26. The molecular weight excluding hydrogens is 364 g/mol. The van der Waals surface area contributed by atoms with E-state index in [1.165, 1.54) is 0 Å². The molecule has 0 spiro atoms. The number of aliphatic hydroxyl groups is 1.